The molecular formula is C8H8O4. The molecule has 1 aliphatic carbocycles. The molecule has 0 saturated carbocycles. The monoisotopic (exact) mass is 168 g/mol. The van der Waals surface area contributed by atoms with E-state index in [-0.39, 0.29) is 16.8 Å². The van der Waals surface area contributed by atoms with Crippen LogP contribution in [0.25, 0.3) is 0 Å². The molecule has 64 valence electrons. The Bertz CT molecular complexity index is 262. The number of aldehydes is 2. The second kappa shape index (κ2) is 4.35. The third kappa shape index (κ3) is 1.73. The molecule has 1 aliphatic rings. The molecule has 2 N–H and O–H groups in total. The molecule has 1 rings (SSSR count). The lowest BCUT2D eigenvalue weighted by molar-refractivity contribution is -0.123. The predicted octanol–water partition coefficient (Wildman–Crippen LogP) is -0.759. The molecule has 0 amide bonds. The van der Waals surface area contributed by atoms with Crippen LogP contribution in [0.3, 0.4) is 0 Å². The van der Waals surface area contributed by atoms with Crippen molar-refractivity contribution in [1.82, 2.24) is 0 Å². The van der Waals surface area contributed by atoms with Crippen molar-refractivity contribution in [3.05, 3.63) is 23.8 Å². The lowest BCUT2D eigenvalue weighted by Gasteiger charge is -2.07. The highest BCUT2D eigenvalue weighted by Crippen LogP contribution is 2.12. The number of rotatable bonds is 2. The van der Waals surface area contributed by atoms with E-state index in [1.165, 1.54) is 18.2 Å². The summed E-state index contributed by atoms with van der Waals surface area (Å²) in [5.74, 6) is -1.21. The molecule has 0 aliphatic heterocycles. The highest BCUT2D eigenvalue weighted by Gasteiger charge is 2.21. The molecule has 0 bridgehead atoms. The zero-order valence-electron chi connectivity index (χ0n) is 6.19. The number of ketones is 1. The van der Waals surface area contributed by atoms with Crippen LogP contribution in [0, 0.1) is 5.92 Å². The molecule has 0 aromatic heterocycles. The molecule has 1 unspecified atom stereocenters. The van der Waals surface area contributed by atoms with Crippen molar-refractivity contribution in [1.29, 1.82) is 0 Å². The number of hydrogen-bond acceptors (Lipinski definition) is 3. The van der Waals surface area contributed by atoms with Crippen molar-refractivity contribution in [2.24, 2.45) is 5.92 Å². The average molecular weight is 168 g/mol. The summed E-state index contributed by atoms with van der Waals surface area (Å²) >= 11 is 0. The van der Waals surface area contributed by atoms with Crippen molar-refractivity contribution in [2.45, 2.75) is 0 Å². The zero-order chi connectivity index (χ0) is 8.27. The molecule has 4 nitrogen and oxygen atoms in total. The molecular weight excluding hydrogens is 160 g/mol. The first-order valence-corrected chi connectivity index (χ1v) is 3.12. The molecule has 1 atom stereocenters. The summed E-state index contributed by atoms with van der Waals surface area (Å²) in [5.41, 5.74) is 0.229. The lowest BCUT2D eigenvalue weighted by Crippen LogP contribution is -2.19. The van der Waals surface area contributed by atoms with E-state index < -0.39 is 5.92 Å². The van der Waals surface area contributed by atoms with Gasteiger partial charge in [0.1, 0.15) is 18.5 Å². The first-order valence-electron chi connectivity index (χ1n) is 3.12. The van der Waals surface area contributed by atoms with Crippen LogP contribution < -0.4 is 0 Å². The van der Waals surface area contributed by atoms with E-state index in [9.17, 15) is 14.4 Å². The van der Waals surface area contributed by atoms with Crippen LogP contribution in [0.2, 0.25) is 0 Å². The highest BCUT2D eigenvalue weighted by molar-refractivity contribution is 6.08. The second-order valence-electron chi connectivity index (χ2n) is 2.16. The molecule has 0 radical (unpaired) electrons. The summed E-state index contributed by atoms with van der Waals surface area (Å²) in [7, 11) is 0. The summed E-state index contributed by atoms with van der Waals surface area (Å²) in [6, 6.07) is 0. The third-order valence-electron chi connectivity index (χ3n) is 1.49. The van der Waals surface area contributed by atoms with Gasteiger partial charge in [-0.25, -0.2) is 0 Å². The first-order chi connectivity index (χ1) is 5.29. The summed E-state index contributed by atoms with van der Waals surface area (Å²) in [6.45, 7) is 0. The summed E-state index contributed by atoms with van der Waals surface area (Å²) in [6.07, 6.45) is 5.22. The molecule has 0 aromatic rings. The van der Waals surface area contributed by atoms with Gasteiger partial charge >= 0.3 is 0 Å². The fraction of sp³-hybridized carbons (Fsp3) is 0.125. The Morgan fingerprint density at radius 2 is 2.00 bits per heavy atom. The van der Waals surface area contributed by atoms with E-state index in [1.807, 2.05) is 0 Å². The maximum absolute atomic E-state index is 10.9. The SMILES string of the molecule is O.O=CC1=CC=CC(=O)C1C=O. The number of carbonyl (C=O) groups excluding carboxylic acids is 3. The first kappa shape index (κ1) is 10.4. The normalized spacial score (nSPS) is 20.8. The average Bonchev–Trinajstić information content (AvgIpc) is 2.04. The molecule has 0 spiro atoms. The molecule has 0 aromatic carbocycles. The summed E-state index contributed by atoms with van der Waals surface area (Å²) in [5, 5.41) is 0. The van der Waals surface area contributed by atoms with Gasteiger partial charge in [0.25, 0.3) is 0 Å². The van der Waals surface area contributed by atoms with Crippen molar-refractivity contribution < 1.29 is 19.9 Å². The Kier molecular flexibility index (Phi) is 3.79. The highest BCUT2D eigenvalue weighted by atomic mass is 16.1. The van der Waals surface area contributed by atoms with Crippen LogP contribution in [0.4, 0.5) is 0 Å². The van der Waals surface area contributed by atoms with E-state index in [0.29, 0.717) is 12.6 Å². The van der Waals surface area contributed by atoms with Gasteiger partial charge in [-0.2, -0.15) is 0 Å². The maximum atomic E-state index is 10.9. The van der Waals surface area contributed by atoms with E-state index in [4.69, 9.17) is 0 Å². The number of allylic oxidation sites excluding steroid dienone is 4. The van der Waals surface area contributed by atoms with Crippen LogP contribution in [0.5, 0.6) is 0 Å². The second-order valence-corrected chi connectivity index (χ2v) is 2.16. The predicted molar refractivity (Wildman–Crippen MR) is 41.5 cm³/mol. The largest absolute Gasteiger partial charge is 0.412 e. The van der Waals surface area contributed by atoms with Crippen LogP contribution >= 0.6 is 0 Å². The third-order valence-corrected chi connectivity index (χ3v) is 1.49. The van der Waals surface area contributed by atoms with Gasteiger partial charge in [0.15, 0.2) is 5.78 Å². The molecule has 0 fully saturated rings. The number of hydrogen-bond donors (Lipinski definition) is 0. The van der Waals surface area contributed by atoms with Gasteiger partial charge in [-0.3, -0.25) is 9.59 Å². The van der Waals surface area contributed by atoms with Crippen molar-refractivity contribution >= 4 is 18.4 Å². The van der Waals surface area contributed by atoms with Crippen LogP contribution in [0.1, 0.15) is 0 Å². The Morgan fingerprint density at radius 1 is 1.33 bits per heavy atom. The Labute approximate surface area is 68.9 Å². The number of carbonyl (C=O) groups is 3. The van der Waals surface area contributed by atoms with Gasteiger partial charge in [-0.15, -0.1) is 0 Å². The van der Waals surface area contributed by atoms with Gasteiger partial charge in [-0.05, 0) is 6.08 Å². The topological polar surface area (TPSA) is 82.7 Å². The van der Waals surface area contributed by atoms with Crippen LogP contribution in [-0.4, -0.2) is 23.8 Å². The van der Waals surface area contributed by atoms with Crippen molar-refractivity contribution in [2.75, 3.05) is 0 Å². The minimum atomic E-state index is -0.877. The molecule has 0 heterocycles. The standard InChI is InChI=1S/C8H6O3.H2O/c9-4-6-2-1-3-8(11)7(6)5-10;/h1-5,7H;1H2. The van der Waals surface area contributed by atoms with Crippen LogP contribution in [-0.2, 0) is 14.4 Å². The smallest absolute Gasteiger partial charge is 0.170 e. The lowest BCUT2D eigenvalue weighted by atomic mass is 9.93. The van der Waals surface area contributed by atoms with Gasteiger partial charge < -0.3 is 10.3 Å². The maximum Gasteiger partial charge on any atom is 0.170 e. The Morgan fingerprint density at radius 3 is 2.42 bits per heavy atom. The minimum absolute atomic E-state index is 0. The van der Waals surface area contributed by atoms with E-state index in [0.717, 1.165) is 0 Å². The van der Waals surface area contributed by atoms with Crippen LogP contribution in [0.15, 0.2) is 23.8 Å². The molecule has 4 heteroatoms. The van der Waals surface area contributed by atoms with Gasteiger partial charge in [0, 0.05) is 5.57 Å². The van der Waals surface area contributed by atoms with E-state index in [2.05, 4.69) is 0 Å². The fourth-order valence-corrected chi connectivity index (χ4v) is 0.884. The zero-order valence-corrected chi connectivity index (χ0v) is 6.19. The van der Waals surface area contributed by atoms with E-state index in [1.54, 1.807) is 0 Å². The Balaban J connectivity index is 0.00000121. The Hall–Kier alpha value is -1.55. The van der Waals surface area contributed by atoms with Crippen molar-refractivity contribution in [3.8, 4) is 0 Å². The fourth-order valence-electron chi connectivity index (χ4n) is 0.884. The summed E-state index contributed by atoms with van der Waals surface area (Å²) < 4.78 is 0. The molecule has 12 heavy (non-hydrogen) atoms. The van der Waals surface area contributed by atoms with Gasteiger partial charge in [-0.1, -0.05) is 12.2 Å². The summed E-state index contributed by atoms with van der Waals surface area (Å²) in [4.78, 5) is 31.4. The minimum Gasteiger partial charge on any atom is -0.412 e. The van der Waals surface area contributed by atoms with Crippen molar-refractivity contribution in [3.63, 3.8) is 0 Å². The van der Waals surface area contributed by atoms with Gasteiger partial charge in [0.05, 0.1) is 0 Å². The van der Waals surface area contributed by atoms with Gasteiger partial charge in [0.2, 0.25) is 0 Å². The molecule has 0 saturated heterocycles. The van der Waals surface area contributed by atoms with E-state index >= 15 is 0 Å². The quantitative estimate of drug-likeness (QED) is 0.401.